The second-order valence-corrected chi connectivity index (χ2v) is 4.95. The fraction of sp³-hybridized carbons (Fsp3) is 1.00. The van der Waals surface area contributed by atoms with Gasteiger partial charge in [-0.2, -0.15) is 0 Å². The van der Waals surface area contributed by atoms with Crippen molar-refractivity contribution in [3.63, 3.8) is 0 Å². The van der Waals surface area contributed by atoms with Gasteiger partial charge in [0.15, 0.2) is 0 Å². The van der Waals surface area contributed by atoms with Crippen molar-refractivity contribution in [3.8, 4) is 0 Å². The van der Waals surface area contributed by atoms with Crippen molar-refractivity contribution in [3.05, 3.63) is 0 Å². The van der Waals surface area contributed by atoms with E-state index in [1.807, 2.05) is 0 Å². The highest BCUT2D eigenvalue weighted by Crippen LogP contribution is 2.11. The number of hydrogen-bond donors (Lipinski definition) is 2. The molecule has 2 heteroatoms. The molecule has 0 spiro atoms. The minimum atomic E-state index is 1.12. The van der Waals surface area contributed by atoms with Gasteiger partial charge in [0.25, 0.3) is 0 Å². The highest BCUT2D eigenvalue weighted by molar-refractivity contribution is 4.48. The number of hydrogen-bond acceptors (Lipinski definition) is 0. The van der Waals surface area contributed by atoms with E-state index in [4.69, 9.17) is 0 Å². The van der Waals surface area contributed by atoms with Gasteiger partial charge in [0.2, 0.25) is 0 Å². The Morgan fingerprint density at radius 2 is 0.500 bits per heavy atom. The summed E-state index contributed by atoms with van der Waals surface area (Å²) in [5.74, 6) is 0. The maximum atomic E-state index is 3.87. The van der Waals surface area contributed by atoms with Crippen LogP contribution in [0.15, 0.2) is 0 Å². The molecule has 0 aromatic rings. The lowest BCUT2D eigenvalue weighted by Crippen LogP contribution is -2.50. The van der Waals surface area contributed by atoms with E-state index in [1.165, 1.54) is 77.0 Å². The summed E-state index contributed by atoms with van der Waals surface area (Å²) in [6.45, 7) is 2.24. The van der Waals surface area contributed by atoms with Crippen molar-refractivity contribution in [2.45, 2.75) is 77.0 Å². The molecule has 0 aliphatic carbocycles. The van der Waals surface area contributed by atoms with Crippen LogP contribution in [0.2, 0.25) is 0 Å². The Kier molecular flexibility index (Phi) is 14.8. The molecule has 2 nitrogen and oxygen atoms in total. The molecular weight excluding hydrogens is 196 g/mol. The Morgan fingerprint density at radius 1 is 0.312 bits per heavy atom. The van der Waals surface area contributed by atoms with Gasteiger partial charge in [0, 0.05) is 0 Å². The summed E-state index contributed by atoms with van der Waals surface area (Å²) in [7, 11) is 0. The molecule has 0 aromatic carbocycles. The van der Waals surface area contributed by atoms with Crippen molar-refractivity contribution in [1.29, 1.82) is 0 Å². The predicted molar refractivity (Wildman–Crippen MR) is 70.9 cm³/mol. The van der Waals surface area contributed by atoms with E-state index in [9.17, 15) is 0 Å². The number of unbranched alkanes of at least 4 members (excludes halogenated alkanes) is 11. The smallest absolute Gasteiger partial charge is 0.0739 e. The summed E-state index contributed by atoms with van der Waals surface area (Å²) in [5.41, 5.74) is 7.74. The molecule has 0 aliphatic rings. The molecule has 0 atom stereocenters. The molecule has 0 aliphatic heterocycles. The first kappa shape index (κ1) is 15.9. The van der Waals surface area contributed by atoms with Crippen molar-refractivity contribution < 1.29 is 11.5 Å². The van der Waals surface area contributed by atoms with Crippen LogP contribution in [0.1, 0.15) is 77.0 Å². The van der Waals surface area contributed by atoms with Gasteiger partial charge in [0.05, 0.1) is 13.1 Å². The summed E-state index contributed by atoms with van der Waals surface area (Å²) in [6.07, 6.45) is 17.0. The lowest BCUT2D eigenvalue weighted by atomic mass is 10.1. The molecule has 0 radical (unpaired) electrons. The van der Waals surface area contributed by atoms with E-state index in [0.29, 0.717) is 0 Å². The molecule has 0 amide bonds. The lowest BCUT2D eigenvalue weighted by molar-refractivity contribution is -0.368. The zero-order valence-corrected chi connectivity index (χ0v) is 11.3. The second kappa shape index (κ2) is 14.9. The van der Waals surface area contributed by atoms with E-state index in [2.05, 4.69) is 11.5 Å². The Hall–Kier alpha value is -0.0800. The Labute approximate surface area is 102 Å². The zero-order chi connectivity index (χ0) is 11.9. The highest BCUT2D eigenvalue weighted by Gasteiger charge is 1.93. The van der Waals surface area contributed by atoms with Crippen LogP contribution in [0.5, 0.6) is 0 Å². The summed E-state index contributed by atoms with van der Waals surface area (Å²) in [4.78, 5) is 0. The van der Waals surface area contributed by atoms with E-state index < -0.39 is 0 Å². The molecule has 0 saturated carbocycles. The lowest BCUT2D eigenvalue weighted by Gasteiger charge is -2.01. The van der Waals surface area contributed by atoms with Crippen LogP contribution in [0, 0.1) is 0 Å². The second-order valence-electron chi connectivity index (χ2n) is 4.95. The average Bonchev–Trinajstić information content (AvgIpc) is 2.31. The molecule has 0 rings (SSSR count). The zero-order valence-electron chi connectivity index (χ0n) is 11.3. The number of rotatable bonds is 13. The highest BCUT2D eigenvalue weighted by atomic mass is 14.5. The van der Waals surface area contributed by atoms with Gasteiger partial charge in [-0.15, -0.1) is 0 Å². The quantitative estimate of drug-likeness (QED) is 0.456. The third kappa shape index (κ3) is 13.9. The minimum absolute atomic E-state index is 1.12. The first-order chi connectivity index (χ1) is 7.91. The van der Waals surface area contributed by atoms with Crippen LogP contribution >= 0.6 is 0 Å². The van der Waals surface area contributed by atoms with E-state index >= 15 is 0 Å². The largest absolute Gasteiger partial charge is 0.358 e. The van der Waals surface area contributed by atoms with Gasteiger partial charge in [-0.3, -0.25) is 0 Å². The monoisotopic (exact) mass is 230 g/mol. The topological polar surface area (TPSA) is 55.3 Å². The molecule has 16 heavy (non-hydrogen) atoms. The predicted octanol–water partition coefficient (Wildman–Crippen LogP) is 2.15. The first-order valence-corrected chi connectivity index (χ1v) is 7.50. The average molecular weight is 230 g/mol. The molecule has 0 fully saturated rings. The molecule has 0 saturated heterocycles. The maximum absolute atomic E-state index is 3.87. The van der Waals surface area contributed by atoms with Crippen molar-refractivity contribution in [2.24, 2.45) is 0 Å². The van der Waals surface area contributed by atoms with Gasteiger partial charge in [-0.25, -0.2) is 0 Å². The Bertz CT molecular complexity index is 101. The SMILES string of the molecule is [NH3+]CCCCCCCCCCCCCC[NH3+]. The van der Waals surface area contributed by atoms with Gasteiger partial charge in [0.1, 0.15) is 0 Å². The Morgan fingerprint density at radius 3 is 0.688 bits per heavy atom. The molecule has 0 heterocycles. The standard InChI is InChI=1S/C14H32N2/c15-13-11-9-7-5-3-1-2-4-6-8-10-12-14-16/h1-16H2/p+2. The maximum Gasteiger partial charge on any atom is 0.0739 e. The summed E-state index contributed by atoms with van der Waals surface area (Å²) >= 11 is 0. The van der Waals surface area contributed by atoms with Crippen LogP contribution in [0.25, 0.3) is 0 Å². The molecular formula is C14H34N2+2. The van der Waals surface area contributed by atoms with Gasteiger partial charge in [-0.05, 0) is 25.7 Å². The minimum Gasteiger partial charge on any atom is -0.358 e. The summed E-state index contributed by atoms with van der Waals surface area (Å²) in [5, 5.41) is 0. The third-order valence-electron chi connectivity index (χ3n) is 3.25. The first-order valence-electron chi connectivity index (χ1n) is 7.50. The molecule has 0 aromatic heterocycles. The fourth-order valence-electron chi connectivity index (χ4n) is 2.12. The number of quaternary nitrogens is 2. The third-order valence-corrected chi connectivity index (χ3v) is 3.25. The Balaban J connectivity index is 2.83. The van der Waals surface area contributed by atoms with Crippen LogP contribution in [0.3, 0.4) is 0 Å². The normalized spacial score (nSPS) is 10.9. The molecule has 0 bridgehead atoms. The van der Waals surface area contributed by atoms with Crippen molar-refractivity contribution in [2.75, 3.05) is 13.1 Å². The fourth-order valence-corrected chi connectivity index (χ4v) is 2.12. The summed E-state index contributed by atoms with van der Waals surface area (Å²) < 4.78 is 0. The van der Waals surface area contributed by atoms with Crippen LogP contribution < -0.4 is 11.5 Å². The van der Waals surface area contributed by atoms with Crippen LogP contribution in [-0.4, -0.2) is 13.1 Å². The summed E-state index contributed by atoms with van der Waals surface area (Å²) in [6, 6.07) is 0. The molecule has 0 unspecified atom stereocenters. The van der Waals surface area contributed by atoms with Gasteiger partial charge < -0.3 is 11.5 Å². The van der Waals surface area contributed by atoms with E-state index in [0.717, 1.165) is 13.1 Å². The van der Waals surface area contributed by atoms with Gasteiger partial charge >= 0.3 is 0 Å². The van der Waals surface area contributed by atoms with E-state index in [1.54, 1.807) is 0 Å². The van der Waals surface area contributed by atoms with Crippen molar-refractivity contribution >= 4 is 0 Å². The van der Waals surface area contributed by atoms with Gasteiger partial charge in [-0.1, -0.05) is 51.4 Å². The van der Waals surface area contributed by atoms with Crippen molar-refractivity contribution in [1.82, 2.24) is 0 Å². The molecule has 6 N–H and O–H groups in total. The van der Waals surface area contributed by atoms with E-state index in [-0.39, 0.29) is 0 Å². The van der Waals surface area contributed by atoms with Crippen LogP contribution in [0.4, 0.5) is 0 Å². The molecule has 98 valence electrons. The van der Waals surface area contributed by atoms with Crippen LogP contribution in [-0.2, 0) is 0 Å².